The zero-order chi connectivity index (χ0) is 18.2. The number of hydrogen-bond acceptors (Lipinski definition) is 3. The summed E-state index contributed by atoms with van der Waals surface area (Å²) in [5.74, 6) is 0.248. The standard InChI is InChI=1S/C16H9Cl6N3/c17-15(18,19)13-23-12(24-14(25-13)16(20,21)22)8-10-6-3-5-9-4-1-2-7-11(9)10/h1-8H,(H,23,24,25). The van der Waals surface area contributed by atoms with E-state index in [1.54, 1.807) is 6.08 Å². The maximum atomic E-state index is 5.92. The van der Waals surface area contributed by atoms with Crippen molar-refractivity contribution in [2.45, 2.75) is 7.59 Å². The van der Waals surface area contributed by atoms with Crippen LogP contribution in [0.2, 0.25) is 0 Å². The molecule has 3 nitrogen and oxygen atoms in total. The number of rotatable bonds is 1. The van der Waals surface area contributed by atoms with Gasteiger partial charge in [-0.05, 0) is 22.4 Å². The first-order chi connectivity index (χ1) is 11.6. The van der Waals surface area contributed by atoms with Gasteiger partial charge in [-0.25, -0.2) is 9.98 Å². The summed E-state index contributed by atoms with van der Waals surface area (Å²) in [7, 11) is 0. The molecule has 130 valence electrons. The molecule has 0 atom stereocenters. The van der Waals surface area contributed by atoms with Crippen molar-refractivity contribution in [2.75, 3.05) is 0 Å². The Hall–Kier alpha value is -0.680. The van der Waals surface area contributed by atoms with Gasteiger partial charge in [-0.3, -0.25) is 0 Å². The maximum Gasteiger partial charge on any atom is 0.248 e. The second-order valence-electron chi connectivity index (χ2n) is 5.11. The Morgan fingerprint density at radius 3 is 1.92 bits per heavy atom. The molecule has 9 heteroatoms. The van der Waals surface area contributed by atoms with Crippen LogP contribution in [0.15, 0.2) is 58.3 Å². The lowest BCUT2D eigenvalue weighted by Gasteiger charge is -2.24. The Labute approximate surface area is 174 Å². The number of alkyl halides is 6. The lowest BCUT2D eigenvalue weighted by atomic mass is 10.0. The van der Waals surface area contributed by atoms with Gasteiger partial charge in [-0.1, -0.05) is 112 Å². The summed E-state index contributed by atoms with van der Waals surface area (Å²) in [5.41, 5.74) is 0.884. The van der Waals surface area contributed by atoms with Gasteiger partial charge >= 0.3 is 0 Å². The number of amidine groups is 2. The predicted octanol–water partition coefficient (Wildman–Crippen LogP) is 6.28. The van der Waals surface area contributed by atoms with Crippen LogP contribution in [-0.4, -0.2) is 19.3 Å². The summed E-state index contributed by atoms with van der Waals surface area (Å²) in [6.07, 6.45) is 1.73. The van der Waals surface area contributed by atoms with Crippen LogP contribution in [0, 0.1) is 0 Å². The highest BCUT2D eigenvalue weighted by Gasteiger charge is 2.37. The van der Waals surface area contributed by atoms with E-state index in [2.05, 4.69) is 15.3 Å². The van der Waals surface area contributed by atoms with Gasteiger partial charge in [0.15, 0.2) is 17.5 Å². The van der Waals surface area contributed by atoms with Gasteiger partial charge in [-0.15, -0.1) is 0 Å². The third kappa shape index (κ3) is 4.54. The molecular weight excluding hydrogens is 447 g/mol. The van der Waals surface area contributed by atoms with E-state index in [1.807, 2.05) is 42.5 Å². The number of nitrogens with zero attached hydrogens (tertiary/aromatic N) is 2. The largest absolute Gasteiger partial charge is 0.325 e. The highest BCUT2D eigenvalue weighted by molar-refractivity contribution is 6.79. The van der Waals surface area contributed by atoms with Crippen LogP contribution < -0.4 is 5.32 Å². The summed E-state index contributed by atoms with van der Waals surface area (Å²) in [5, 5.41) is 4.75. The van der Waals surface area contributed by atoms with E-state index in [4.69, 9.17) is 69.6 Å². The van der Waals surface area contributed by atoms with E-state index in [0.29, 0.717) is 0 Å². The van der Waals surface area contributed by atoms with Crippen molar-refractivity contribution in [3.05, 3.63) is 53.8 Å². The molecule has 2 aromatic rings. The fraction of sp³-hybridized carbons (Fsp3) is 0.125. The molecule has 0 bridgehead atoms. The number of benzene rings is 2. The molecule has 0 amide bonds. The lowest BCUT2D eigenvalue weighted by molar-refractivity contribution is 1.09. The van der Waals surface area contributed by atoms with Crippen LogP contribution in [0.25, 0.3) is 16.8 Å². The first kappa shape index (κ1) is 19.1. The topological polar surface area (TPSA) is 36.8 Å². The summed E-state index contributed by atoms with van der Waals surface area (Å²) in [4.78, 5) is 8.45. The molecule has 0 unspecified atom stereocenters. The van der Waals surface area contributed by atoms with Crippen molar-refractivity contribution in [1.29, 1.82) is 0 Å². The minimum absolute atomic E-state index is 0.000289. The summed E-state index contributed by atoms with van der Waals surface area (Å²) >= 11 is 35.5. The van der Waals surface area contributed by atoms with Gasteiger partial charge in [-0.2, -0.15) is 0 Å². The number of halogens is 6. The average Bonchev–Trinajstić information content (AvgIpc) is 2.53. The van der Waals surface area contributed by atoms with Crippen molar-refractivity contribution < 1.29 is 0 Å². The van der Waals surface area contributed by atoms with Gasteiger partial charge in [0.1, 0.15) is 0 Å². The van der Waals surface area contributed by atoms with E-state index in [9.17, 15) is 0 Å². The predicted molar refractivity (Wildman–Crippen MR) is 111 cm³/mol. The molecule has 0 saturated carbocycles. The van der Waals surface area contributed by atoms with Crippen molar-refractivity contribution in [2.24, 2.45) is 9.98 Å². The number of aliphatic imine (C=N–C) groups is 2. The van der Waals surface area contributed by atoms with E-state index in [1.165, 1.54) is 0 Å². The van der Waals surface area contributed by atoms with E-state index >= 15 is 0 Å². The second kappa shape index (κ2) is 7.15. The third-order valence-corrected chi connectivity index (χ3v) is 4.41. The fourth-order valence-corrected chi connectivity index (χ4v) is 2.81. The Balaban J connectivity index is 2.14. The molecular formula is C16H9Cl6N3. The fourth-order valence-electron chi connectivity index (χ4n) is 2.27. The quantitative estimate of drug-likeness (QED) is 0.505. The normalized spacial score (nSPS) is 15.5. The molecule has 1 aliphatic rings. The molecule has 2 aromatic carbocycles. The van der Waals surface area contributed by atoms with Crippen LogP contribution >= 0.6 is 69.6 Å². The molecule has 0 radical (unpaired) electrons. The third-order valence-electron chi connectivity index (χ3n) is 3.33. The van der Waals surface area contributed by atoms with Gasteiger partial charge in [0.25, 0.3) is 0 Å². The first-order valence-corrected chi connectivity index (χ1v) is 9.19. The molecule has 1 N–H and O–H groups in total. The van der Waals surface area contributed by atoms with E-state index in [-0.39, 0.29) is 17.5 Å². The molecule has 0 spiro atoms. The van der Waals surface area contributed by atoms with Crippen molar-refractivity contribution in [3.63, 3.8) is 0 Å². The number of nitrogens with one attached hydrogen (secondary N) is 1. The zero-order valence-electron chi connectivity index (χ0n) is 12.3. The van der Waals surface area contributed by atoms with Crippen LogP contribution in [0.4, 0.5) is 0 Å². The first-order valence-electron chi connectivity index (χ1n) is 6.93. The number of hydrogen-bond donors (Lipinski definition) is 1. The highest BCUT2D eigenvalue weighted by Crippen LogP contribution is 2.34. The molecule has 25 heavy (non-hydrogen) atoms. The maximum absolute atomic E-state index is 5.92. The monoisotopic (exact) mass is 453 g/mol. The van der Waals surface area contributed by atoms with Crippen LogP contribution in [0.3, 0.4) is 0 Å². The van der Waals surface area contributed by atoms with Crippen molar-refractivity contribution in [1.82, 2.24) is 5.32 Å². The minimum atomic E-state index is -1.82. The van der Waals surface area contributed by atoms with Gasteiger partial charge < -0.3 is 5.32 Å². The molecule has 0 saturated heterocycles. The number of fused-ring (bicyclic) bond motifs is 1. The Bertz CT molecular complexity index is 869. The van der Waals surface area contributed by atoms with Gasteiger partial charge in [0.2, 0.25) is 7.59 Å². The Morgan fingerprint density at radius 1 is 0.760 bits per heavy atom. The smallest absolute Gasteiger partial charge is 0.248 e. The highest BCUT2D eigenvalue weighted by atomic mass is 35.6. The average molecular weight is 456 g/mol. The van der Waals surface area contributed by atoms with E-state index < -0.39 is 7.59 Å². The molecule has 1 aliphatic heterocycles. The second-order valence-corrected chi connectivity index (χ2v) is 9.67. The summed E-state index contributed by atoms with van der Waals surface area (Å²) in [6.45, 7) is 0. The molecule has 0 aromatic heterocycles. The van der Waals surface area contributed by atoms with Crippen molar-refractivity contribution >= 4 is 98.1 Å². The van der Waals surface area contributed by atoms with Crippen molar-refractivity contribution in [3.8, 4) is 0 Å². The van der Waals surface area contributed by atoms with Crippen LogP contribution in [0.5, 0.6) is 0 Å². The summed E-state index contributed by atoms with van der Waals surface area (Å²) in [6, 6.07) is 13.8. The van der Waals surface area contributed by atoms with Crippen LogP contribution in [-0.2, 0) is 0 Å². The van der Waals surface area contributed by atoms with Gasteiger partial charge in [0.05, 0.1) is 0 Å². The van der Waals surface area contributed by atoms with Gasteiger partial charge in [0, 0.05) is 0 Å². The minimum Gasteiger partial charge on any atom is -0.325 e. The van der Waals surface area contributed by atoms with Crippen LogP contribution in [0.1, 0.15) is 5.56 Å². The summed E-state index contributed by atoms with van der Waals surface area (Å²) < 4.78 is -3.65. The molecule has 0 aliphatic carbocycles. The Morgan fingerprint density at radius 2 is 1.32 bits per heavy atom. The molecule has 0 fully saturated rings. The Kier molecular flexibility index (Phi) is 5.46. The molecule has 1 heterocycles. The zero-order valence-corrected chi connectivity index (χ0v) is 16.8. The SMILES string of the molecule is ClC(Cl)(Cl)C1=NC(=Cc2cccc3ccccc23)N=C(C(Cl)(Cl)Cl)N1. The lowest BCUT2D eigenvalue weighted by Crippen LogP contribution is -2.46. The van der Waals surface area contributed by atoms with E-state index in [0.717, 1.165) is 16.3 Å². The molecule has 3 rings (SSSR count).